The van der Waals surface area contributed by atoms with E-state index in [1.807, 2.05) is 0 Å². The second kappa shape index (κ2) is 5.97. The molecule has 0 radical (unpaired) electrons. The van der Waals surface area contributed by atoms with Crippen molar-refractivity contribution in [3.05, 3.63) is 46.7 Å². The van der Waals surface area contributed by atoms with Gasteiger partial charge in [0.2, 0.25) is 0 Å². The monoisotopic (exact) mass is 307 g/mol. The molecule has 1 N–H and O–H groups in total. The zero-order valence-corrected chi connectivity index (χ0v) is 12.3. The highest BCUT2D eigenvalue weighted by Crippen LogP contribution is 2.21. The van der Waals surface area contributed by atoms with Gasteiger partial charge in [-0.2, -0.15) is 5.10 Å². The molecule has 1 aromatic carbocycles. The molecule has 0 aliphatic carbocycles. The number of hydrogen-bond acceptors (Lipinski definition) is 3. The maximum Gasteiger partial charge on any atom is 0.323 e. The van der Waals surface area contributed by atoms with E-state index >= 15 is 0 Å². The van der Waals surface area contributed by atoms with Crippen LogP contribution in [0.3, 0.4) is 0 Å². The van der Waals surface area contributed by atoms with Crippen molar-refractivity contribution in [1.82, 2.24) is 9.78 Å². The Hall–Kier alpha value is -2.34. The SMILES string of the molecule is Cc1nn(C)cc1C(=O)N(CC(=O)O)c1ccc(Cl)cc1. The lowest BCUT2D eigenvalue weighted by Gasteiger charge is -2.20. The van der Waals surface area contributed by atoms with Gasteiger partial charge in [0.25, 0.3) is 5.91 Å². The molecule has 0 saturated carbocycles. The van der Waals surface area contributed by atoms with E-state index < -0.39 is 18.4 Å². The van der Waals surface area contributed by atoms with E-state index in [1.54, 1.807) is 44.4 Å². The molecule has 0 bridgehead atoms. The number of aliphatic carboxylic acids is 1. The Labute approximate surface area is 126 Å². The number of aryl methyl sites for hydroxylation is 2. The van der Waals surface area contributed by atoms with Crippen LogP contribution in [0.15, 0.2) is 30.5 Å². The Morgan fingerprint density at radius 3 is 2.43 bits per heavy atom. The van der Waals surface area contributed by atoms with Gasteiger partial charge in [-0.25, -0.2) is 0 Å². The number of amides is 1. The molecule has 6 nitrogen and oxygen atoms in total. The summed E-state index contributed by atoms with van der Waals surface area (Å²) in [4.78, 5) is 24.8. The highest BCUT2D eigenvalue weighted by molar-refractivity contribution is 6.30. The minimum atomic E-state index is -1.10. The second-order valence-corrected chi connectivity index (χ2v) is 5.00. The van der Waals surface area contributed by atoms with E-state index in [-0.39, 0.29) is 0 Å². The predicted octanol–water partition coefficient (Wildman–Crippen LogP) is 2.11. The normalized spacial score (nSPS) is 10.4. The summed E-state index contributed by atoms with van der Waals surface area (Å²) >= 11 is 5.81. The summed E-state index contributed by atoms with van der Waals surface area (Å²) in [5.74, 6) is -1.51. The Kier molecular flexibility index (Phi) is 4.28. The lowest BCUT2D eigenvalue weighted by Crippen LogP contribution is -2.35. The van der Waals surface area contributed by atoms with Gasteiger partial charge in [0.05, 0.1) is 11.3 Å². The quantitative estimate of drug-likeness (QED) is 0.938. The van der Waals surface area contributed by atoms with Crippen LogP contribution >= 0.6 is 11.6 Å². The molecule has 1 amide bonds. The number of anilines is 1. The molecule has 0 aliphatic rings. The molecule has 110 valence electrons. The number of carbonyl (C=O) groups excluding carboxylic acids is 1. The second-order valence-electron chi connectivity index (χ2n) is 4.56. The Morgan fingerprint density at radius 2 is 1.95 bits per heavy atom. The molecular formula is C14H14ClN3O3. The molecule has 7 heteroatoms. The van der Waals surface area contributed by atoms with Crippen molar-refractivity contribution in [2.45, 2.75) is 6.92 Å². The van der Waals surface area contributed by atoms with Gasteiger partial charge in [-0.3, -0.25) is 19.2 Å². The zero-order valence-electron chi connectivity index (χ0n) is 11.6. The smallest absolute Gasteiger partial charge is 0.323 e. The van der Waals surface area contributed by atoms with E-state index in [1.165, 1.54) is 9.58 Å². The number of carboxylic acids is 1. The van der Waals surface area contributed by atoms with Crippen molar-refractivity contribution in [2.24, 2.45) is 7.05 Å². The number of nitrogens with zero attached hydrogens (tertiary/aromatic N) is 3. The van der Waals surface area contributed by atoms with Crippen molar-refractivity contribution in [3.8, 4) is 0 Å². The van der Waals surface area contributed by atoms with Crippen LogP contribution in [0, 0.1) is 6.92 Å². The van der Waals surface area contributed by atoms with E-state index in [2.05, 4.69) is 5.10 Å². The third kappa shape index (κ3) is 3.41. The van der Waals surface area contributed by atoms with Gasteiger partial charge in [-0.05, 0) is 31.2 Å². The van der Waals surface area contributed by atoms with Crippen LogP contribution in [-0.2, 0) is 11.8 Å². The molecule has 1 heterocycles. The van der Waals surface area contributed by atoms with Gasteiger partial charge in [-0.15, -0.1) is 0 Å². The maximum atomic E-state index is 12.6. The number of hydrogen-bond donors (Lipinski definition) is 1. The number of carbonyl (C=O) groups is 2. The number of halogens is 1. The molecule has 0 fully saturated rings. The third-order valence-corrected chi connectivity index (χ3v) is 3.17. The fourth-order valence-electron chi connectivity index (χ4n) is 1.99. The van der Waals surface area contributed by atoms with Gasteiger partial charge in [0.1, 0.15) is 6.54 Å². The van der Waals surface area contributed by atoms with Crippen LogP contribution in [0.1, 0.15) is 16.1 Å². The van der Waals surface area contributed by atoms with Crippen LogP contribution < -0.4 is 4.90 Å². The van der Waals surface area contributed by atoms with Gasteiger partial charge in [-0.1, -0.05) is 11.6 Å². The first-order valence-electron chi connectivity index (χ1n) is 6.18. The first-order chi connectivity index (χ1) is 9.88. The lowest BCUT2D eigenvalue weighted by molar-refractivity contribution is -0.135. The highest BCUT2D eigenvalue weighted by atomic mass is 35.5. The molecular weight excluding hydrogens is 294 g/mol. The van der Waals surface area contributed by atoms with Crippen molar-refractivity contribution < 1.29 is 14.7 Å². The summed E-state index contributed by atoms with van der Waals surface area (Å²) < 4.78 is 1.52. The van der Waals surface area contributed by atoms with Crippen molar-refractivity contribution in [3.63, 3.8) is 0 Å². The van der Waals surface area contributed by atoms with Crippen molar-refractivity contribution in [2.75, 3.05) is 11.4 Å². The summed E-state index contributed by atoms with van der Waals surface area (Å²) in [6.45, 7) is 1.27. The maximum absolute atomic E-state index is 12.6. The summed E-state index contributed by atoms with van der Waals surface area (Å²) in [5, 5.41) is 13.6. The van der Waals surface area contributed by atoms with Crippen LogP contribution in [0.2, 0.25) is 5.02 Å². The zero-order chi connectivity index (χ0) is 15.6. The minimum absolute atomic E-state index is 0.369. The van der Waals surface area contributed by atoms with Crippen LogP contribution in [0.4, 0.5) is 5.69 Å². The minimum Gasteiger partial charge on any atom is -0.480 e. The van der Waals surface area contributed by atoms with Crippen LogP contribution in [0.25, 0.3) is 0 Å². The molecule has 0 unspecified atom stereocenters. The number of carboxylic acid groups (broad SMARTS) is 1. The number of benzene rings is 1. The average Bonchev–Trinajstić information content (AvgIpc) is 2.75. The summed E-state index contributed by atoms with van der Waals surface area (Å²) in [6, 6.07) is 6.42. The van der Waals surface area contributed by atoms with Gasteiger partial charge in [0, 0.05) is 24.0 Å². The van der Waals surface area contributed by atoms with Crippen molar-refractivity contribution >= 4 is 29.2 Å². The fourth-order valence-corrected chi connectivity index (χ4v) is 2.12. The molecule has 2 rings (SSSR count). The van der Waals surface area contributed by atoms with E-state index in [4.69, 9.17) is 16.7 Å². The Balaban J connectivity index is 2.40. The summed E-state index contributed by atoms with van der Waals surface area (Å²) in [6.07, 6.45) is 1.57. The van der Waals surface area contributed by atoms with E-state index in [0.717, 1.165) is 0 Å². The molecule has 0 spiro atoms. The first-order valence-corrected chi connectivity index (χ1v) is 6.55. The molecule has 1 aromatic heterocycles. The van der Waals surface area contributed by atoms with Crippen LogP contribution in [0.5, 0.6) is 0 Å². The van der Waals surface area contributed by atoms with Gasteiger partial charge in [0.15, 0.2) is 0 Å². The molecule has 0 aliphatic heterocycles. The molecule has 0 saturated heterocycles. The molecule has 21 heavy (non-hydrogen) atoms. The lowest BCUT2D eigenvalue weighted by atomic mass is 10.2. The highest BCUT2D eigenvalue weighted by Gasteiger charge is 2.23. The van der Waals surface area contributed by atoms with Gasteiger partial charge < -0.3 is 5.11 Å². The fraction of sp³-hybridized carbons (Fsp3) is 0.214. The standard InChI is InChI=1S/C14H14ClN3O3/c1-9-12(7-17(2)16-9)14(21)18(8-13(19)20)11-5-3-10(15)4-6-11/h3-7H,8H2,1-2H3,(H,19,20). The van der Waals surface area contributed by atoms with E-state index in [9.17, 15) is 9.59 Å². The largest absolute Gasteiger partial charge is 0.480 e. The number of aromatic nitrogens is 2. The topological polar surface area (TPSA) is 75.4 Å². The van der Waals surface area contributed by atoms with Crippen LogP contribution in [-0.4, -0.2) is 33.3 Å². The Bertz CT molecular complexity index is 679. The van der Waals surface area contributed by atoms with Crippen molar-refractivity contribution in [1.29, 1.82) is 0 Å². The Morgan fingerprint density at radius 1 is 1.33 bits per heavy atom. The first kappa shape index (κ1) is 15.1. The number of rotatable bonds is 4. The average molecular weight is 308 g/mol. The molecule has 2 aromatic rings. The molecule has 0 atom stereocenters. The van der Waals surface area contributed by atoms with E-state index in [0.29, 0.717) is 22.0 Å². The third-order valence-electron chi connectivity index (χ3n) is 2.92. The summed E-state index contributed by atoms with van der Waals surface area (Å²) in [7, 11) is 1.70. The summed E-state index contributed by atoms with van der Waals surface area (Å²) in [5.41, 5.74) is 1.38. The van der Waals surface area contributed by atoms with Gasteiger partial charge >= 0.3 is 5.97 Å². The predicted molar refractivity (Wildman–Crippen MR) is 78.7 cm³/mol.